The maximum Gasteiger partial charge on any atom is 0.297 e. The molecule has 2 heterocycles. The van der Waals surface area contributed by atoms with E-state index < -0.39 is 10.0 Å². The lowest BCUT2D eigenvalue weighted by Crippen LogP contribution is -2.31. The van der Waals surface area contributed by atoms with Crippen LogP contribution in [-0.4, -0.2) is 15.0 Å². The van der Waals surface area contributed by atoms with Crippen LogP contribution in [0.5, 0.6) is 0 Å². The van der Waals surface area contributed by atoms with Crippen LogP contribution in [-0.2, 0) is 23.0 Å². The Hall–Kier alpha value is -1.79. The molecule has 0 saturated heterocycles. The van der Waals surface area contributed by atoms with Crippen molar-refractivity contribution in [3.05, 3.63) is 47.7 Å². The average molecular weight is 306 g/mol. The number of benzene rings is 1. The second-order valence-corrected chi connectivity index (χ2v) is 6.88. The van der Waals surface area contributed by atoms with Gasteiger partial charge in [0.15, 0.2) is 0 Å². The summed E-state index contributed by atoms with van der Waals surface area (Å²) in [7, 11) is -3.68. The fourth-order valence-corrected chi connectivity index (χ4v) is 4.10. The first-order valence-electron chi connectivity index (χ1n) is 7.02. The third kappa shape index (κ3) is 2.56. The van der Waals surface area contributed by atoms with E-state index >= 15 is 0 Å². The second kappa shape index (κ2) is 5.54. The number of nitrogens with two attached hydrogens (primary N) is 1. The zero-order chi connectivity index (χ0) is 14.9. The van der Waals surface area contributed by atoms with Crippen molar-refractivity contribution in [1.82, 2.24) is 0 Å². The van der Waals surface area contributed by atoms with Gasteiger partial charge in [-0.05, 0) is 43.0 Å². The molecule has 0 atom stereocenters. The Balaban J connectivity index is 2.06. The summed E-state index contributed by atoms with van der Waals surface area (Å²) in [6.45, 7) is 0.657. The van der Waals surface area contributed by atoms with Gasteiger partial charge in [0.25, 0.3) is 10.0 Å². The summed E-state index contributed by atoms with van der Waals surface area (Å²) in [5.41, 5.74) is 7.29. The molecule has 21 heavy (non-hydrogen) atoms. The van der Waals surface area contributed by atoms with Crippen LogP contribution in [0, 0.1) is 0 Å². The molecule has 0 saturated carbocycles. The fourth-order valence-electron chi connectivity index (χ4n) is 2.62. The SMILES string of the molecule is NCc1ccc(S(=O)(=O)N2CCCCc3ccccc32)o1. The van der Waals surface area contributed by atoms with Crippen LogP contribution in [0.4, 0.5) is 5.69 Å². The third-order valence-electron chi connectivity index (χ3n) is 3.70. The topological polar surface area (TPSA) is 76.5 Å². The molecule has 1 aromatic carbocycles. The zero-order valence-corrected chi connectivity index (χ0v) is 12.5. The average Bonchev–Trinajstić information content (AvgIpc) is 2.87. The van der Waals surface area contributed by atoms with E-state index in [1.165, 1.54) is 10.4 Å². The highest BCUT2D eigenvalue weighted by Gasteiger charge is 2.30. The van der Waals surface area contributed by atoms with Gasteiger partial charge in [-0.15, -0.1) is 0 Å². The second-order valence-electron chi connectivity index (χ2n) is 5.09. The molecule has 5 nitrogen and oxygen atoms in total. The lowest BCUT2D eigenvalue weighted by atomic mass is 10.1. The molecule has 0 bridgehead atoms. The van der Waals surface area contributed by atoms with Crippen LogP contribution < -0.4 is 10.0 Å². The summed E-state index contributed by atoms with van der Waals surface area (Å²) in [6, 6.07) is 10.7. The molecule has 2 N–H and O–H groups in total. The fraction of sp³-hybridized carbons (Fsp3) is 0.333. The molecule has 1 aliphatic rings. The maximum absolute atomic E-state index is 12.8. The van der Waals surface area contributed by atoms with E-state index in [1.807, 2.05) is 24.3 Å². The van der Waals surface area contributed by atoms with Gasteiger partial charge in [0.2, 0.25) is 5.09 Å². The molecular weight excluding hydrogens is 288 g/mol. The normalized spacial score (nSPS) is 15.6. The van der Waals surface area contributed by atoms with Crippen molar-refractivity contribution in [3.8, 4) is 0 Å². The van der Waals surface area contributed by atoms with Crippen LogP contribution in [0.1, 0.15) is 24.2 Å². The van der Waals surface area contributed by atoms with Crippen molar-refractivity contribution < 1.29 is 12.8 Å². The number of furan rings is 1. The number of fused-ring (bicyclic) bond motifs is 1. The molecule has 0 aliphatic carbocycles. The maximum atomic E-state index is 12.8. The van der Waals surface area contributed by atoms with Gasteiger partial charge in [0.1, 0.15) is 5.76 Å². The summed E-state index contributed by atoms with van der Waals surface area (Å²) in [5.74, 6) is 0.469. The van der Waals surface area contributed by atoms with Crippen molar-refractivity contribution in [2.45, 2.75) is 30.9 Å². The van der Waals surface area contributed by atoms with Crippen LogP contribution >= 0.6 is 0 Å². The minimum atomic E-state index is -3.68. The standard InChI is InChI=1S/C15H18N2O3S/c16-11-13-8-9-15(20-13)21(18,19)17-10-4-3-6-12-5-1-2-7-14(12)17/h1-2,5,7-9H,3-4,6,10-11,16H2. The Morgan fingerprint density at radius 2 is 1.95 bits per heavy atom. The highest BCUT2D eigenvalue weighted by molar-refractivity contribution is 7.92. The molecule has 2 aromatic rings. The number of anilines is 1. The van der Waals surface area contributed by atoms with Gasteiger partial charge in [-0.2, -0.15) is 8.42 Å². The Kier molecular flexibility index (Phi) is 3.73. The van der Waals surface area contributed by atoms with E-state index in [1.54, 1.807) is 6.07 Å². The minimum absolute atomic E-state index is 0.0420. The molecular formula is C15H18N2O3S. The van der Waals surface area contributed by atoms with Gasteiger partial charge in [0, 0.05) is 6.54 Å². The van der Waals surface area contributed by atoms with Gasteiger partial charge < -0.3 is 10.2 Å². The Morgan fingerprint density at radius 1 is 1.14 bits per heavy atom. The molecule has 0 amide bonds. The van der Waals surface area contributed by atoms with Crippen LogP contribution in [0.15, 0.2) is 45.9 Å². The number of hydrogen-bond acceptors (Lipinski definition) is 4. The first-order valence-corrected chi connectivity index (χ1v) is 8.46. The van der Waals surface area contributed by atoms with Gasteiger partial charge in [-0.25, -0.2) is 0 Å². The molecule has 6 heteroatoms. The lowest BCUT2D eigenvalue weighted by Gasteiger charge is -2.23. The predicted molar refractivity (Wildman–Crippen MR) is 80.5 cm³/mol. The minimum Gasteiger partial charge on any atom is -0.446 e. The number of rotatable bonds is 3. The molecule has 112 valence electrons. The first kappa shape index (κ1) is 14.2. The molecule has 3 rings (SSSR count). The largest absolute Gasteiger partial charge is 0.446 e. The molecule has 0 unspecified atom stereocenters. The summed E-state index contributed by atoms with van der Waals surface area (Å²) < 4.78 is 32.5. The van der Waals surface area contributed by atoms with E-state index in [4.69, 9.17) is 10.2 Å². The van der Waals surface area contributed by atoms with Crippen molar-refractivity contribution >= 4 is 15.7 Å². The predicted octanol–water partition coefficient (Wildman–Crippen LogP) is 2.27. The summed E-state index contributed by atoms with van der Waals surface area (Å²) >= 11 is 0. The van der Waals surface area contributed by atoms with Crippen molar-refractivity contribution in [2.24, 2.45) is 5.73 Å². The number of aryl methyl sites for hydroxylation is 1. The number of hydrogen-bond donors (Lipinski definition) is 1. The van der Waals surface area contributed by atoms with E-state index in [0.717, 1.165) is 30.5 Å². The van der Waals surface area contributed by atoms with E-state index in [0.29, 0.717) is 12.3 Å². The van der Waals surface area contributed by atoms with E-state index in [2.05, 4.69) is 0 Å². The van der Waals surface area contributed by atoms with Crippen LogP contribution in [0.25, 0.3) is 0 Å². The van der Waals surface area contributed by atoms with E-state index in [9.17, 15) is 8.42 Å². The zero-order valence-electron chi connectivity index (χ0n) is 11.7. The Bertz CT molecular complexity index is 737. The van der Waals surface area contributed by atoms with Gasteiger partial charge in [0.05, 0.1) is 12.2 Å². The van der Waals surface area contributed by atoms with Gasteiger partial charge >= 0.3 is 0 Å². The van der Waals surface area contributed by atoms with Crippen LogP contribution in [0.2, 0.25) is 0 Å². The molecule has 0 fully saturated rings. The van der Waals surface area contributed by atoms with Crippen molar-refractivity contribution in [1.29, 1.82) is 0 Å². The third-order valence-corrected chi connectivity index (χ3v) is 5.39. The number of sulfonamides is 1. The number of nitrogens with zero attached hydrogens (tertiary/aromatic N) is 1. The highest BCUT2D eigenvalue weighted by Crippen LogP contribution is 2.31. The molecule has 0 spiro atoms. The summed E-state index contributed by atoms with van der Waals surface area (Å²) in [6.07, 6.45) is 2.71. The van der Waals surface area contributed by atoms with E-state index in [-0.39, 0.29) is 11.6 Å². The van der Waals surface area contributed by atoms with Gasteiger partial charge in [-0.3, -0.25) is 4.31 Å². The quantitative estimate of drug-likeness (QED) is 0.943. The van der Waals surface area contributed by atoms with Gasteiger partial charge in [-0.1, -0.05) is 18.2 Å². The van der Waals surface area contributed by atoms with Crippen molar-refractivity contribution in [2.75, 3.05) is 10.8 Å². The van der Waals surface area contributed by atoms with Crippen LogP contribution in [0.3, 0.4) is 0 Å². The smallest absolute Gasteiger partial charge is 0.297 e. The monoisotopic (exact) mass is 306 g/mol. The number of para-hydroxylation sites is 1. The molecule has 1 aliphatic heterocycles. The highest BCUT2D eigenvalue weighted by atomic mass is 32.2. The summed E-state index contributed by atoms with van der Waals surface area (Å²) in [5, 5.41) is -0.0420. The summed E-state index contributed by atoms with van der Waals surface area (Å²) in [4.78, 5) is 0. The first-order chi connectivity index (χ1) is 10.1. The Labute approximate surface area is 124 Å². The molecule has 1 aromatic heterocycles. The molecule has 0 radical (unpaired) electrons. The van der Waals surface area contributed by atoms with Crippen molar-refractivity contribution in [3.63, 3.8) is 0 Å². The Morgan fingerprint density at radius 3 is 2.71 bits per heavy atom. The lowest BCUT2D eigenvalue weighted by molar-refractivity contribution is 0.415.